The second kappa shape index (κ2) is 6.68. The summed E-state index contributed by atoms with van der Waals surface area (Å²) < 4.78 is 0. The molecule has 0 aliphatic carbocycles. The first-order chi connectivity index (χ1) is 11.8. The molecule has 2 aromatic heterocycles. The number of amides is 1. The molecule has 6 nitrogen and oxygen atoms in total. The van der Waals surface area contributed by atoms with E-state index in [1.807, 2.05) is 5.38 Å². The fourth-order valence-corrected chi connectivity index (χ4v) is 3.21. The van der Waals surface area contributed by atoms with Crippen molar-refractivity contribution in [3.63, 3.8) is 0 Å². The lowest BCUT2D eigenvalue weighted by molar-refractivity contribution is 0.0946. The Morgan fingerprint density at radius 3 is 2.76 bits per heavy atom. The van der Waals surface area contributed by atoms with Crippen molar-refractivity contribution in [1.82, 2.24) is 20.5 Å². The van der Waals surface area contributed by atoms with Gasteiger partial charge in [-0.2, -0.15) is 5.10 Å². The number of carbonyl (C=O) groups excluding carboxylic acids is 1. The van der Waals surface area contributed by atoms with Gasteiger partial charge in [-0.1, -0.05) is 32.9 Å². The van der Waals surface area contributed by atoms with Crippen LogP contribution in [0.1, 0.15) is 42.0 Å². The molecule has 3 aromatic rings. The number of carbonyl (C=O) groups is 1. The maximum absolute atomic E-state index is 12.3. The largest absolute Gasteiger partial charge is 0.507 e. The van der Waals surface area contributed by atoms with Gasteiger partial charge in [0, 0.05) is 16.4 Å². The number of aromatic hydroxyl groups is 1. The Hall–Kier alpha value is -2.67. The molecule has 0 saturated heterocycles. The Labute approximate surface area is 149 Å². The van der Waals surface area contributed by atoms with Gasteiger partial charge in [-0.3, -0.25) is 9.89 Å². The maximum atomic E-state index is 12.3. The molecule has 0 unspecified atom stereocenters. The molecule has 0 fully saturated rings. The van der Waals surface area contributed by atoms with Crippen LogP contribution in [0.5, 0.6) is 5.75 Å². The fourth-order valence-electron chi connectivity index (χ4n) is 2.25. The number of phenols is 1. The molecule has 130 valence electrons. The summed E-state index contributed by atoms with van der Waals surface area (Å²) in [4.78, 5) is 16.8. The molecule has 0 bridgehead atoms. The number of hydrogen-bond donors (Lipinski definition) is 3. The normalized spacial score (nSPS) is 11.5. The SMILES string of the molecule is CC(C)(C)c1csc(CNC(=O)c2cc(-c3ccccc3O)n[nH]2)n1. The molecule has 3 rings (SSSR count). The van der Waals surface area contributed by atoms with E-state index in [1.54, 1.807) is 30.3 Å². The highest BCUT2D eigenvalue weighted by Crippen LogP contribution is 2.27. The van der Waals surface area contributed by atoms with E-state index in [4.69, 9.17) is 0 Å². The second-order valence-electron chi connectivity index (χ2n) is 6.74. The Morgan fingerprint density at radius 1 is 1.32 bits per heavy atom. The van der Waals surface area contributed by atoms with Gasteiger partial charge < -0.3 is 10.4 Å². The average Bonchev–Trinajstić information content (AvgIpc) is 3.22. The third-order valence-electron chi connectivity index (χ3n) is 3.72. The summed E-state index contributed by atoms with van der Waals surface area (Å²) >= 11 is 1.53. The number of hydrogen-bond acceptors (Lipinski definition) is 5. The van der Waals surface area contributed by atoms with Gasteiger partial charge >= 0.3 is 0 Å². The lowest BCUT2D eigenvalue weighted by Crippen LogP contribution is -2.23. The summed E-state index contributed by atoms with van der Waals surface area (Å²) in [5.74, 6) is -0.139. The van der Waals surface area contributed by atoms with E-state index in [0.717, 1.165) is 10.7 Å². The number of nitrogens with one attached hydrogen (secondary N) is 2. The van der Waals surface area contributed by atoms with Gasteiger partial charge in [0.25, 0.3) is 5.91 Å². The summed E-state index contributed by atoms with van der Waals surface area (Å²) in [7, 11) is 0. The van der Waals surface area contributed by atoms with Crippen LogP contribution in [0.4, 0.5) is 0 Å². The van der Waals surface area contributed by atoms with Crippen LogP contribution in [0.25, 0.3) is 11.3 Å². The molecule has 0 spiro atoms. The standard InChI is InChI=1S/C18H20N4O2S/c1-18(2,3)15-10-25-16(20-15)9-19-17(24)13-8-12(21-22-13)11-6-4-5-7-14(11)23/h4-8,10,23H,9H2,1-3H3,(H,19,24)(H,21,22). The van der Waals surface area contributed by atoms with Gasteiger partial charge in [-0.15, -0.1) is 11.3 Å². The van der Waals surface area contributed by atoms with Crippen molar-refractivity contribution < 1.29 is 9.90 Å². The fraction of sp³-hybridized carbons (Fsp3) is 0.278. The average molecular weight is 356 g/mol. The molecule has 0 radical (unpaired) electrons. The van der Waals surface area contributed by atoms with E-state index >= 15 is 0 Å². The van der Waals surface area contributed by atoms with Gasteiger partial charge in [-0.25, -0.2) is 4.98 Å². The Bertz CT molecular complexity index is 892. The Morgan fingerprint density at radius 2 is 2.08 bits per heavy atom. The molecule has 1 aromatic carbocycles. The number of para-hydroxylation sites is 1. The molecule has 3 N–H and O–H groups in total. The number of nitrogens with zero attached hydrogens (tertiary/aromatic N) is 2. The van der Waals surface area contributed by atoms with Crippen LogP contribution in [0.2, 0.25) is 0 Å². The van der Waals surface area contributed by atoms with Crippen LogP contribution < -0.4 is 5.32 Å². The second-order valence-corrected chi connectivity index (χ2v) is 7.69. The zero-order chi connectivity index (χ0) is 18.0. The molecule has 0 aliphatic heterocycles. The molecule has 0 atom stereocenters. The zero-order valence-corrected chi connectivity index (χ0v) is 15.1. The van der Waals surface area contributed by atoms with Crippen molar-refractivity contribution in [2.45, 2.75) is 32.7 Å². The molecule has 7 heteroatoms. The third kappa shape index (κ3) is 3.88. The molecular weight excluding hydrogens is 336 g/mol. The minimum absolute atomic E-state index is 0.00524. The smallest absolute Gasteiger partial charge is 0.269 e. The van der Waals surface area contributed by atoms with Crippen molar-refractivity contribution in [2.24, 2.45) is 0 Å². The summed E-state index contributed by atoms with van der Waals surface area (Å²) in [6, 6.07) is 8.49. The molecule has 25 heavy (non-hydrogen) atoms. The van der Waals surface area contributed by atoms with Gasteiger partial charge in [0.1, 0.15) is 16.5 Å². The van der Waals surface area contributed by atoms with E-state index in [0.29, 0.717) is 23.5 Å². The predicted molar refractivity (Wildman–Crippen MR) is 97.7 cm³/mol. The number of benzene rings is 1. The summed E-state index contributed by atoms with van der Waals surface area (Å²) in [6.45, 7) is 6.69. The zero-order valence-electron chi connectivity index (χ0n) is 14.3. The van der Waals surface area contributed by atoms with Gasteiger partial charge in [0.2, 0.25) is 0 Å². The molecule has 0 aliphatic rings. The van der Waals surface area contributed by atoms with E-state index < -0.39 is 0 Å². The number of H-pyrrole nitrogens is 1. The Kier molecular flexibility index (Phi) is 4.59. The van der Waals surface area contributed by atoms with Crippen LogP contribution in [-0.2, 0) is 12.0 Å². The molecule has 1 amide bonds. The highest BCUT2D eigenvalue weighted by Gasteiger charge is 2.18. The van der Waals surface area contributed by atoms with E-state index in [-0.39, 0.29) is 17.1 Å². The molecular formula is C18H20N4O2S. The van der Waals surface area contributed by atoms with E-state index in [9.17, 15) is 9.90 Å². The maximum Gasteiger partial charge on any atom is 0.269 e. The lowest BCUT2D eigenvalue weighted by atomic mass is 9.93. The minimum atomic E-state index is -0.262. The van der Waals surface area contributed by atoms with Crippen LogP contribution >= 0.6 is 11.3 Å². The highest BCUT2D eigenvalue weighted by molar-refractivity contribution is 7.09. The number of phenolic OH excluding ortho intramolecular Hbond substituents is 1. The first-order valence-electron chi connectivity index (χ1n) is 7.91. The highest BCUT2D eigenvalue weighted by atomic mass is 32.1. The topological polar surface area (TPSA) is 90.9 Å². The number of rotatable bonds is 4. The van der Waals surface area contributed by atoms with Gasteiger partial charge in [-0.05, 0) is 18.2 Å². The minimum Gasteiger partial charge on any atom is -0.507 e. The van der Waals surface area contributed by atoms with Crippen LogP contribution in [0, 0.1) is 0 Å². The molecule has 2 heterocycles. The Balaban J connectivity index is 1.66. The van der Waals surface area contributed by atoms with Crippen molar-refractivity contribution in [3.05, 3.63) is 52.1 Å². The van der Waals surface area contributed by atoms with E-state index in [2.05, 4.69) is 41.3 Å². The van der Waals surface area contributed by atoms with Crippen LogP contribution in [0.3, 0.4) is 0 Å². The van der Waals surface area contributed by atoms with Crippen LogP contribution in [0.15, 0.2) is 35.7 Å². The number of thiazole rings is 1. The van der Waals surface area contributed by atoms with Gasteiger partial charge in [0.05, 0.1) is 17.9 Å². The monoisotopic (exact) mass is 356 g/mol. The van der Waals surface area contributed by atoms with Crippen molar-refractivity contribution >= 4 is 17.2 Å². The van der Waals surface area contributed by atoms with Crippen molar-refractivity contribution in [2.75, 3.05) is 0 Å². The summed E-state index contributed by atoms with van der Waals surface area (Å²) in [6.07, 6.45) is 0. The summed E-state index contributed by atoms with van der Waals surface area (Å²) in [5.41, 5.74) is 2.45. The predicted octanol–water partition coefficient (Wildman–Crippen LogP) is 3.47. The number of aromatic amines is 1. The molecule has 0 saturated carbocycles. The first-order valence-corrected chi connectivity index (χ1v) is 8.79. The lowest BCUT2D eigenvalue weighted by Gasteiger charge is -2.14. The van der Waals surface area contributed by atoms with Gasteiger partial charge in [0.15, 0.2) is 0 Å². The number of aromatic nitrogens is 3. The first kappa shape index (κ1) is 17.2. The van der Waals surface area contributed by atoms with Crippen LogP contribution in [-0.4, -0.2) is 26.2 Å². The van der Waals surface area contributed by atoms with E-state index in [1.165, 1.54) is 11.3 Å². The third-order valence-corrected chi connectivity index (χ3v) is 4.57. The van der Waals surface area contributed by atoms with Crippen molar-refractivity contribution in [1.29, 1.82) is 0 Å². The van der Waals surface area contributed by atoms with Crippen molar-refractivity contribution in [3.8, 4) is 17.0 Å². The summed E-state index contributed by atoms with van der Waals surface area (Å²) in [5, 5.41) is 22.4. The quantitative estimate of drug-likeness (QED) is 0.667.